The summed E-state index contributed by atoms with van der Waals surface area (Å²) in [5.74, 6) is -1.63. The monoisotopic (exact) mass is 420 g/mol. The molecule has 1 aliphatic heterocycles. The lowest BCUT2D eigenvalue weighted by Crippen LogP contribution is -2.29. The molecule has 1 N–H and O–H groups in total. The summed E-state index contributed by atoms with van der Waals surface area (Å²) in [5, 5.41) is 21.8. The number of ether oxygens (including phenoxy) is 1. The lowest BCUT2D eigenvalue weighted by molar-refractivity contribution is -0.384. The molecule has 1 fully saturated rings. The Kier molecular flexibility index (Phi) is 5.00. The number of para-hydroxylation sites is 2. The van der Waals surface area contributed by atoms with E-state index in [1.165, 1.54) is 42.5 Å². The fraction of sp³-hybridized carbons (Fsp3) is 0.0909. The quantitative estimate of drug-likeness (QED) is 0.219. The van der Waals surface area contributed by atoms with Crippen LogP contribution in [0.3, 0.4) is 0 Å². The third-order valence-electron chi connectivity index (χ3n) is 4.95. The molecule has 4 rings (SSSR count). The van der Waals surface area contributed by atoms with Crippen molar-refractivity contribution >= 4 is 28.8 Å². The lowest BCUT2D eigenvalue weighted by Gasteiger charge is -2.24. The van der Waals surface area contributed by atoms with Crippen molar-refractivity contribution in [3.63, 3.8) is 0 Å². The van der Waals surface area contributed by atoms with Crippen molar-refractivity contribution < 1.29 is 28.8 Å². The second-order valence-electron chi connectivity index (χ2n) is 6.66. The summed E-state index contributed by atoms with van der Waals surface area (Å²) in [7, 11) is 1.44. The van der Waals surface area contributed by atoms with Gasteiger partial charge in [0.25, 0.3) is 17.4 Å². The number of non-ortho nitro benzene ring substituents is 1. The van der Waals surface area contributed by atoms with Crippen LogP contribution in [-0.2, 0) is 9.59 Å². The van der Waals surface area contributed by atoms with Gasteiger partial charge in [0, 0.05) is 17.7 Å². The third kappa shape index (κ3) is 3.31. The summed E-state index contributed by atoms with van der Waals surface area (Å²) in [5.41, 5.74) is 0.116. The summed E-state index contributed by atoms with van der Waals surface area (Å²) in [6.07, 6.45) is 1.39. The van der Waals surface area contributed by atoms with E-state index in [-0.39, 0.29) is 22.6 Å². The normalized spacial score (nSPS) is 17.7. The number of aliphatic hydroxyl groups excluding tert-OH is 1. The number of carbonyl (C=O) groups excluding carboxylic acids is 2. The maximum atomic E-state index is 13.0. The van der Waals surface area contributed by atoms with E-state index in [2.05, 4.69) is 0 Å². The zero-order chi connectivity index (χ0) is 22.1. The van der Waals surface area contributed by atoms with Gasteiger partial charge in [-0.1, -0.05) is 12.1 Å². The molecule has 0 saturated carbocycles. The van der Waals surface area contributed by atoms with Crippen LogP contribution in [0.1, 0.15) is 17.4 Å². The Morgan fingerprint density at radius 2 is 1.81 bits per heavy atom. The van der Waals surface area contributed by atoms with Crippen LogP contribution in [0.2, 0.25) is 0 Å². The highest BCUT2D eigenvalue weighted by molar-refractivity contribution is 6.51. The first-order valence-electron chi connectivity index (χ1n) is 9.16. The average molecular weight is 420 g/mol. The molecule has 3 aromatic rings. The van der Waals surface area contributed by atoms with E-state index in [1.807, 2.05) is 0 Å². The molecule has 31 heavy (non-hydrogen) atoms. The van der Waals surface area contributed by atoms with E-state index in [0.29, 0.717) is 11.4 Å². The van der Waals surface area contributed by atoms with Gasteiger partial charge in [-0.2, -0.15) is 0 Å². The SMILES string of the molecule is COc1ccccc1N1C(=O)C(=O)/C(=C(\O)c2ccc([N+](=O)[O-])cc2)C1c1ccco1. The number of hydrogen-bond donors (Lipinski definition) is 1. The van der Waals surface area contributed by atoms with Crippen LogP contribution in [0.15, 0.2) is 76.9 Å². The molecule has 2 aromatic carbocycles. The minimum absolute atomic E-state index is 0.153. The lowest BCUT2D eigenvalue weighted by atomic mass is 9.99. The predicted molar refractivity (Wildman–Crippen MR) is 110 cm³/mol. The van der Waals surface area contributed by atoms with Crippen LogP contribution in [0.4, 0.5) is 11.4 Å². The Morgan fingerprint density at radius 3 is 2.42 bits per heavy atom. The molecule has 0 radical (unpaired) electrons. The Hall–Kier alpha value is -4.40. The molecule has 1 atom stereocenters. The van der Waals surface area contributed by atoms with Gasteiger partial charge >= 0.3 is 0 Å². The fourth-order valence-electron chi connectivity index (χ4n) is 3.52. The number of Topliss-reactive ketones (excluding diaryl/α,β-unsaturated/α-hetero) is 1. The van der Waals surface area contributed by atoms with Crippen LogP contribution >= 0.6 is 0 Å². The van der Waals surface area contributed by atoms with Crippen molar-refractivity contribution in [2.24, 2.45) is 0 Å². The number of nitrogens with zero attached hydrogens (tertiary/aromatic N) is 2. The Morgan fingerprint density at radius 1 is 1.10 bits per heavy atom. The fourth-order valence-corrected chi connectivity index (χ4v) is 3.52. The van der Waals surface area contributed by atoms with E-state index < -0.39 is 28.4 Å². The molecule has 1 amide bonds. The number of aliphatic hydroxyl groups is 1. The number of furan rings is 1. The van der Waals surface area contributed by atoms with Gasteiger partial charge in [-0.25, -0.2) is 0 Å². The van der Waals surface area contributed by atoms with E-state index in [9.17, 15) is 24.8 Å². The van der Waals surface area contributed by atoms with Gasteiger partial charge in [0.1, 0.15) is 23.3 Å². The van der Waals surface area contributed by atoms with Gasteiger partial charge < -0.3 is 14.3 Å². The standard InChI is InChI=1S/C22H16N2O7/c1-30-16-6-3-2-5-15(16)23-19(17-7-4-12-31-17)18(21(26)22(23)27)20(25)13-8-10-14(11-9-13)24(28)29/h2-12,19,25H,1H3/b20-18-. The summed E-state index contributed by atoms with van der Waals surface area (Å²) >= 11 is 0. The first-order chi connectivity index (χ1) is 14.9. The number of nitro benzene ring substituents is 1. The minimum atomic E-state index is -1.05. The molecule has 9 nitrogen and oxygen atoms in total. The Balaban J connectivity index is 1.91. The molecule has 1 aromatic heterocycles. The van der Waals surface area contributed by atoms with Crippen LogP contribution in [0.25, 0.3) is 5.76 Å². The van der Waals surface area contributed by atoms with Crippen molar-refractivity contribution in [3.8, 4) is 5.75 Å². The number of carbonyl (C=O) groups is 2. The van der Waals surface area contributed by atoms with Crippen LogP contribution in [0.5, 0.6) is 5.75 Å². The first-order valence-corrected chi connectivity index (χ1v) is 9.16. The number of nitro groups is 1. The smallest absolute Gasteiger partial charge is 0.300 e. The zero-order valence-electron chi connectivity index (χ0n) is 16.2. The average Bonchev–Trinajstić information content (AvgIpc) is 3.40. The summed E-state index contributed by atoms with van der Waals surface area (Å²) in [6, 6.07) is 13.8. The summed E-state index contributed by atoms with van der Waals surface area (Å²) in [6.45, 7) is 0. The second-order valence-corrected chi connectivity index (χ2v) is 6.66. The number of ketones is 1. The topological polar surface area (TPSA) is 123 Å². The maximum absolute atomic E-state index is 13.0. The third-order valence-corrected chi connectivity index (χ3v) is 4.95. The van der Waals surface area contributed by atoms with Gasteiger partial charge in [0.15, 0.2) is 0 Å². The predicted octanol–water partition coefficient (Wildman–Crippen LogP) is 3.82. The van der Waals surface area contributed by atoms with Crippen LogP contribution in [-0.4, -0.2) is 28.8 Å². The van der Waals surface area contributed by atoms with E-state index in [4.69, 9.17) is 9.15 Å². The molecule has 2 heterocycles. The maximum Gasteiger partial charge on any atom is 0.300 e. The zero-order valence-corrected chi connectivity index (χ0v) is 16.2. The van der Waals surface area contributed by atoms with Gasteiger partial charge in [-0.05, 0) is 36.4 Å². The molecule has 0 aliphatic carbocycles. The molecule has 156 valence electrons. The molecule has 0 bridgehead atoms. The van der Waals surface area contributed by atoms with Crippen molar-refractivity contribution in [2.45, 2.75) is 6.04 Å². The Labute approximate surface area is 175 Å². The Bertz CT molecular complexity index is 1200. The minimum Gasteiger partial charge on any atom is -0.507 e. The van der Waals surface area contributed by atoms with Crippen LogP contribution < -0.4 is 9.64 Å². The highest BCUT2D eigenvalue weighted by Crippen LogP contribution is 2.44. The molecule has 1 saturated heterocycles. The van der Waals surface area contributed by atoms with Crippen LogP contribution in [0, 0.1) is 10.1 Å². The number of methoxy groups -OCH3 is 1. The molecule has 0 spiro atoms. The number of rotatable bonds is 5. The number of amides is 1. The number of benzene rings is 2. The summed E-state index contributed by atoms with van der Waals surface area (Å²) in [4.78, 5) is 37.5. The van der Waals surface area contributed by atoms with Gasteiger partial charge in [0.2, 0.25) is 0 Å². The number of anilines is 1. The van der Waals surface area contributed by atoms with E-state index >= 15 is 0 Å². The van der Waals surface area contributed by atoms with Crippen molar-refractivity contribution in [3.05, 3.63) is 93.9 Å². The first kappa shape index (κ1) is 19.9. The van der Waals surface area contributed by atoms with Gasteiger partial charge in [0.05, 0.1) is 29.6 Å². The molecule has 1 aliphatic rings. The molecular formula is C22H16N2O7. The van der Waals surface area contributed by atoms with Crippen molar-refractivity contribution in [2.75, 3.05) is 12.0 Å². The number of hydrogen-bond acceptors (Lipinski definition) is 7. The second kappa shape index (κ2) is 7.79. The molecule has 9 heteroatoms. The van der Waals surface area contributed by atoms with E-state index in [1.54, 1.807) is 36.4 Å². The highest BCUT2D eigenvalue weighted by Gasteiger charge is 2.49. The molecule has 1 unspecified atom stereocenters. The largest absolute Gasteiger partial charge is 0.507 e. The van der Waals surface area contributed by atoms with Crippen molar-refractivity contribution in [1.82, 2.24) is 0 Å². The van der Waals surface area contributed by atoms with Gasteiger partial charge in [-0.3, -0.25) is 24.6 Å². The summed E-state index contributed by atoms with van der Waals surface area (Å²) < 4.78 is 10.8. The van der Waals surface area contributed by atoms with Gasteiger partial charge in [-0.15, -0.1) is 0 Å². The van der Waals surface area contributed by atoms with Crippen molar-refractivity contribution in [1.29, 1.82) is 0 Å². The highest BCUT2D eigenvalue weighted by atomic mass is 16.6. The van der Waals surface area contributed by atoms with E-state index in [0.717, 1.165) is 0 Å². The molecular weight excluding hydrogens is 404 g/mol.